The Bertz CT molecular complexity index is 507. The quantitative estimate of drug-likeness (QED) is 0.782. The third-order valence-corrected chi connectivity index (χ3v) is 3.77. The molecular formula is C14H16ClF2NO3. The van der Waals surface area contributed by atoms with Crippen molar-refractivity contribution in [2.45, 2.75) is 24.8 Å². The number of amides is 1. The van der Waals surface area contributed by atoms with Crippen molar-refractivity contribution in [2.75, 3.05) is 20.2 Å². The van der Waals surface area contributed by atoms with Crippen molar-refractivity contribution in [1.82, 2.24) is 4.90 Å². The molecule has 4 nitrogen and oxygen atoms in total. The maximum absolute atomic E-state index is 12.4. The first kappa shape index (κ1) is 15.8. The molecule has 0 bridgehead atoms. The summed E-state index contributed by atoms with van der Waals surface area (Å²) in [6.07, 6.45) is 1.91. The van der Waals surface area contributed by atoms with Gasteiger partial charge in [0, 0.05) is 13.1 Å². The maximum Gasteiger partial charge on any atom is 0.387 e. The fourth-order valence-electron chi connectivity index (χ4n) is 2.28. The van der Waals surface area contributed by atoms with E-state index >= 15 is 0 Å². The van der Waals surface area contributed by atoms with Crippen LogP contribution in [0.2, 0.25) is 0 Å². The highest BCUT2D eigenvalue weighted by atomic mass is 35.5. The van der Waals surface area contributed by atoms with E-state index in [2.05, 4.69) is 4.74 Å². The number of nitrogens with zero attached hydrogens (tertiary/aromatic N) is 1. The number of rotatable bonds is 5. The Kier molecular flexibility index (Phi) is 5.22. The average molecular weight is 320 g/mol. The summed E-state index contributed by atoms with van der Waals surface area (Å²) in [5, 5.41) is -0.922. The highest BCUT2D eigenvalue weighted by Crippen LogP contribution is 2.34. The molecule has 0 aliphatic carbocycles. The van der Waals surface area contributed by atoms with Gasteiger partial charge in [0.05, 0.1) is 7.11 Å². The maximum atomic E-state index is 12.4. The van der Waals surface area contributed by atoms with E-state index in [4.69, 9.17) is 16.3 Å². The molecule has 0 N–H and O–H groups in total. The number of hydrogen-bond acceptors (Lipinski definition) is 3. The Morgan fingerprint density at radius 3 is 2.52 bits per heavy atom. The molecule has 1 aliphatic heterocycles. The van der Waals surface area contributed by atoms with Crippen LogP contribution in [0.4, 0.5) is 8.78 Å². The van der Waals surface area contributed by atoms with Crippen LogP contribution in [0.25, 0.3) is 0 Å². The highest BCUT2D eigenvalue weighted by molar-refractivity contribution is 6.30. The van der Waals surface area contributed by atoms with E-state index in [1.165, 1.54) is 19.2 Å². The molecule has 7 heteroatoms. The summed E-state index contributed by atoms with van der Waals surface area (Å²) in [6, 6.07) is 4.35. The van der Waals surface area contributed by atoms with Crippen molar-refractivity contribution in [2.24, 2.45) is 0 Å². The van der Waals surface area contributed by atoms with Crippen molar-refractivity contribution >= 4 is 17.5 Å². The van der Waals surface area contributed by atoms with E-state index in [1.807, 2.05) is 0 Å². The van der Waals surface area contributed by atoms with Crippen LogP contribution < -0.4 is 9.47 Å². The molecule has 1 fully saturated rings. The Hall–Kier alpha value is -1.56. The van der Waals surface area contributed by atoms with Gasteiger partial charge in [-0.25, -0.2) is 0 Å². The van der Waals surface area contributed by atoms with Gasteiger partial charge in [0.15, 0.2) is 11.5 Å². The van der Waals surface area contributed by atoms with E-state index in [0.717, 1.165) is 12.8 Å². The van der Waals surface area contributed by atoms with Crippen LogP contribution >= 0.6 is 11.6 Å². The Labute approximate surface area is 126 Å². The number of likely N-dealkylation sites (tertiary alicyclic amines) is 1. The monoisotopic (exact) mass is 319 g/mol. The first-order chi connectivity index (χ1) is 10.0. The summed E-state index contributed by atoms with van der Waals surface area (Å²) >= 11 is 6.17. The van der Waals surface area contributed by atoms with Gasteiger partial charge in [-0.05, 0) is 30.5 Å². The van der Waals surface area contributed by atoms with Crippen LogP contribution in [-0.2, 0) is 4.79 Å². The lowest BCUT2D eigenvalue weighted by molar-refractivity contribution is -0.129. The first-order valence-corrected chi connectivity index (χ1v) is 7.02. The second kappa shape index (κ2) is 6.93. The Balaban J connectivity index is 2.20. The fourth-order valence-corrected chi connectivity index (χ4v) is 2.55. The first-order valence-electron chi connectivity index (χ1n) is 6.58. The number of halogens is 3. The number of carbonyl (C=O) groups is 1. The number of alkyl halides is 3. The Morgan fingerprint density at radius 1 is 1.29 bits per heavy atom. The fraction of sp³-hybridized carbons (Fsp3) is 0.500. The average Bonchev–Trinajstić information content (AvgIpc) is 2.99. The van der Waals surface area contributed by atoms with E-state index in [1.54, 1.807) is 11.0 Å². The highest BCUT2D eigenvalue weighted by Gasteiger charge is 2.27. The normalized spacial score (nSPS) is 16.1. The minimum atomic E-state index is -2.97. The third-order valence-electron chi connectivity index (χ3n) is 3.33. The molecule has 1 heterocycles. The van der Waals surface area contributed by atoms with Gasteiger partial charge in [-0.2, -0.15) is 8.78 Å². The smallest absolute Gasteiger partial charge is 0.387 e. The molecule has 1 atom stereocenters. The van der Waals surface area contributed by atoms with E-state index in [9.17, 15) is 13.6 Å². The van der Waals surface area contributed by atoms with Crippen LogP contribution in [0.3, 0.4) is 0 Å². The van der Waals surface area contributed by atoms with E-state index in [-0.39, 0.29) is 17.4 Å². The molecule has 0 radical (unpaired) electrons. The van der Waals surface area contributed by atoms with Gasteiger partial charge in [0.25, 0.3) is 0 Å². The van der Waals surface area contributed by atoms with Gasteiger partial charge < -0.3 is 14.4 Å². The third kappa shape index (κ3) is 3.75. The SMILES string of the molecule is COc1ccc(C(Cl)C(=O)N2CCCC2)cc1OC(F)F. The van der Waals surface area contributed by atoms with Crippen molar-refractivity contribution in [3.05, 3.63) is 23.8 Å². The predicted octanol–water partition coefficient (Wildman–Crippen LogP) is 3.20. The van der Waals surface area contributed by atoms with Crippen LogP contribution in [0.5, 0.6) is 11.5 Å². The number of methoxy groups -OCH3 is 1. The van der Waals surface area contributed by atoms with Gasteiger partial charge in [-0.15, -0.1) is 11.6 Å². The number of benzene rings is 1. The molecule has 1 aromatic rings. The van der Waals surface area contributed by atoms with Crippen LogP contribution in [0.1, 0.15) is 23.8 Å². The zero-order chi connectivity index (χ0) is 15.4. The molecule has 1 unspecified atom stereocenters. The summed E-state index contributed by atoms with van der Waals surface area (Å²) in [7, 11) is 1.35. The molecule has 1 amide bonds. The molecule has 1 aromatic carbocycles. The second-order valence-electron chi connectivity index (χ2n) is 4.68. The molecule has 0 spiro atoms. The molecular weight excluding hydrogens is 304 g/mol. The molecule has 0 aromatic heterocycles. The molecule has 0 saturated carbocycles. The molecule has 21 heavy (non-hydrogen) atoms. The van der Waals surface area contributed by atoms with Crippen LogP contribution in [0, 0.1) is 0 Å². The second-order valence-corrected chi connectivity index (χ2v) is 5.12. The zero-order valence-electron chi connectivity index (χ0n) is 11.5. The summed E-state index contributed by atoms with van der Waals surface area (Å²) in [6.45, 7) is -1.62. The molecule has 116 valence electrons. The lowest BCUT2D eigenvalue weighted by atomic mass is 10.1. The van der Waals surface area contributed by atoms with Crippen molar-refractivity contribution < 1.29 is 23.0 Å². The summed E-state index contributed by atoms with van der Waals surface area (Å²) < 4.78 is 34.1. The molecule has 1 saturated heterocycles. The van der Waals surface area contributed by atoms with Crippen LogP contribution in [0.15, 0.2) is 18.2 Å². The minimum Gasteiger partial charge on any atom is -0.493 e. The van der Waals surface area contributed by atoms with Gasteiger partial charge in [0.1, 0.15) is 5.38 Å². The summed E-state index contributed by atoms with van der Waals surface area (Å²) in [4.78, 5) is 13.9. The standard InChI is InChI=1S/C14H16ClF2NO3/c1-20-10-5-4-9(8-11(10)21-14(16)17)12(15)13(19)18-6-2-3-7-18/h4-5,8,12,14H,2-3,6-7H2,1H3. The van der Waals surface area contributed by atoms with Gasteiger partial charge in [0.2, 0.25) is 5.91 Å². The molecule has 1 aliphatic rings. The lowest BCUT2D eigenvalue weighted by Crippen LogP contribution is -2.30. The van der Waals surface area contributed by atoms with E-state index < -0.39 is 12.0 Å². The van der Waals surface area contributed by atoms with Gasteiger partial charge >= 0.3 is 6.61 Å². The Morgan fingerprint density at radius 2 is 1.95 bits per heavy atom. The zero-order valence-corrected chi connectivity index (χ0v) is 12.3. The largest absolute Gasteiger partial charge is 0.493 e. The van der Waals surface area contributed by atoms with Gasteiger partial charge in [-0.1, -0.05) is 6.07 Å². The van der Waals surface area contributed by atoms with Crippen molar-refractivity contribution in [3.8, 4) is 11.5 Å². The van der Waals surface area contributed by atoms with Crippen molar-refractivity contribution in [1.29, 1.82) is 0 Å². The van der Waals surface area contributed by atoms with Crippen molar-refractivity contribution in [3.63, 3.8) is 0 Å². The van der Waals surface area contributed by atoms with E-state index in [0.29, 0.717) is 18.7 Å². The minimum absolute atomic E-state index is 0.134. The van der Waals surface area contributed by atoms with Gasteiger partial charge in [-0.3, -0.25) is 4.79 Å². The molecule has 2 rings (SSSR count). The number of carbonyl (C=O) groups excluding carboxylic acids is 1. The summed E-state index contributed by atoms with van der Waals surface area (Å²) in [5.41, 5.74) is 0.407. The topological polar surface area (TPSA) is 38.8 Å². The van der Waals surface area contributed by atoms with Crippen LogP contribution in [-0.4, -0.2) is 37.6 Å². The summed E-state index contributed by atoms with van der Waals surface area (Å²) in [5.74, 6) is -0.191. The lowest BCUT2D eigenvalue weighted by Gasteiger charge is -2.20. The predicted molar refractivity (Wildman–Crippen MR) is 74.0 cm³/mol. The number of hydrogen-bond donors (Lipinski definition) is 0. The number of ether oxygens (including phenoxy) is 2.